The van der Waals surface area contributed by atoms with Crippen molar-refractivity contribution in [2.45, 2.75) is 31.3 Å². The minimum absolute atomic E-state index is 0.0715. The largest absolute Gasteiger partial charge is 0.306 e. The molecule has 0 fully saturated rings. The van der Waals surface area contributed by atoms with Crippen LogP contribution in [-0.2, 0) is 19.5 Å². The molecule has 0 aliphatic carbocycles. The summed E-state index contributed by atoms with van der Waals surface area (Å²) in [5.41, 5.74) is 5.63. The Labute approximate surface area is 208 Å². The van der Waals surface area contributed by atoms with Crippen LogP contribution in [0.1, 0.15) is 23.7 Å². The standard InChI is InChI=1S/C27H25ClN4OS/c1-2-34-22-10-6-19(7-11-22)24-12-3-18(15-29-24)16-32-14-13-25-23(17-32)27(33)31-26(30-25)20-4-8-21(28)9-5-20/h3-12,15H,2,13-14,16-17H2,1H3,(H,30,31,33). The van der Waals surface area contributed by atoms with E-state index in [0.717, 1.165) is 58.9 Å². The Morgan fingerprint density at radius 3 is 2.50 bits per heavy atom. The molecular formula is C27H25ClN4OS. The molecule has 5 rings (SSSR count). The summed E-state index contributed by atoms with van der Waals surface area (Å²) in [6.07, 6.45) is 2.68. The summed E-state index contributed by atoms with van der Waals surface area (Å²) in [4.78, 5) is 28.7. The zero-order valence-corrected chi connectivity index (χ0v) is 20.5. The fraction of sp³-hybridized carbons (Fsp3) is 0.222. The Morgan fingerprint density at radius 1 is 1.03 bits per heavy atom. The number of aromatic nitrogens is 3. The normalized spacial score (nSPS) is 13.6. The molecule has 0 bridgehead atoms. The fourth-order valence-corrected chi connectivity index (χ4v) is 4.98. The van der Waals surface area contributed by atoms with Gasteiger partial charge in [0.2, 0.25) is 0 Å². The first-order chi connectivity index (χ1) is 16.6. The zero-order valence-electron chi connectivity index (χ0n) is 18.9. The molecule has 5 nitrogen and oxygen atoms in total. The Kier molecular flexibility index (Phi) is 6.81. The van der Waals surface area contributed by atoms with Gasteiger partial charge in [0, 0.05) is 53.3 Å². The van der Waals surface area contributed by atoms with Crippen LogP contribution < -0.4 is 5.56 Å². The molecule has 0 saturated carbocycles. The number of H-pyrrole nitrogens is 1. The van der Waals surface area contributed by atoms with E-state index in [1.807, 2.05) is 30.1 Å². The zero-order chi connectivity index (χ0) is 23.5. The molecule has 2 aromatic heterocycles. The number of pyridine rings is 1. The molecule has 0 saturated heterocycles. The SMILES string of the molecule is CCSc1ccc(-c2ccc(CN3CCc4nc(-c5ccc(Cl)cc5)[nH]c(=O)c4C3)cn2)cc1. The summed E-state index contributed by atoms with van der Waals surface area (Å²) in [5.74, 6) is 1.66. The predicted molar refractivity (Wildman–Crippen MR) is 139 cm³/mol. The van der Waals surface area contributed by atoms with E-state index >= 15 is 0 Å². The summed E-state index contributed by atoms with van der Waals surface area (Å²) in [6, 6.07) is 20.1. The van der Waals surface area contributed by atoms with Crippen LogP contribution in [-0.4, -0.2) is 32.1 Å². The number of aromatic amines is 1. The summed E-state index contributed by atoms with van der Waals surface area (Å²) in [7, 11) is 0. The quantitative estimate of drug-likeness (QED) is 0.346. The second-order valence-corrected chi connectivity index (χ2v) is 10.1. The van der Waals surface area contributed by atoms with Crippen LogP contribution in [0.2, 0.25) is 5.02 Å². The monoisotopic (exact) mass is 488 g/mol. The van der Waals surface area contributed by atoms with E-state index in [0.29, 0.717) is 17.4 Å². The molecule has 4 aromatic rings. The smallest absolute Gasteiger partial charge is 0.255 e. The predicted octanol–water partition coefficient (Wildman–Crippen LogP) is 5.82. The number of thioether (sulfide) groups is 1. The first-order valence-corrected chi connectivity index (χ1v) is 12.7. The maximum Gasteiger partial charge on any atom is 0.255 e. The highest BCUT2D eigenvalue weighted by molar-refractivity contribution is 7.99. The van der Waals surface area contributed by atoms with Crippen molar-refractivity contribution in [2.75, 3.05) is 12.3 Å². The van der Waals surface area contributed by atoms with Gasteiger partial charge in [-0.1, -0.05) is 36.7 Å². The van der Waals surface area contributed by atoms with Gasteiger partial charge in [-0.15, -0.1) is 11.8 Å². The third-order valence-corrected chi connectivity index (χ3v) is 7.10. The van der Waals surface area contributed by atoms with E-state index in [1.165, 1.54) is 4.90 Å². The summed E-state index contributed by atoms with van der Waals surface area (Å²) < 4.78 is 0. The molecule has 0 spiro atoms. The van der Waals surface area contributed by atoms with Crippen LogP contribution in [0.25, 0.3) is 22.6 Å². The van der Waals surface area contributed by atoms with Crippen molar-refractivity contribution in [2.24, 2.45) is 0 Å². The topological polar surface area (TPSA) is 61.9 Å². The van der Waals surface area contributed by atoms with E-state index in [4.69, 9.17) is 16.6 Å². The van der Waals surface area contributed by atoms with Crippen molar-refractivity contribution < 1.29 is 0 Å². The van der Waals surface area contributed by atoms with Crippen molar-refractivity contribution in [1.82, 2.24) is 19.9 Å². The van der Waals surface area contributed by atoms with Gasteiger partial charge < -0.3 is 4.98 Å². The van der Waals surface area contributed by atoms with Gasteiger partial charge >= 0.3 is 0 Å². The Bertz CT molecular complexity index is 1340. The van der Waals surface area contributed by atoms with Gasteiger partial charge in [-0.3, -0.25) is 14.7 Å². The van der Waals surface area contributed by atoms with E-state index in [2.05, 4.69) is 58.2 Å². The number of hydrogen-bond acceptors (Lipinski definition) is 5. The average molecular weight is 489 g/mol. The molecular weight excluding hydrogens is 464 g/mol. The highest BCUT2D eigenvalue weighted by Crippen LogP contribution is 2.24. The van der Waals surface area contributed by atoms with Crippen LogP contribution in [0.5, 0.6) is 0 Å². The van der Waals surface area contributed by atoms with Gasteiger partial charge in [-0.05, 0) is 53.8 Å². The highest BCUT2D eigenvalue weighted by Gasteiger charge is 2.21. The molecule has 0 amide bonds. The third-order valence-electron chi connectivity index (χ3n) is 5.96. The Balaban J connectivity index is 1.27. The molecule has 1 aliphatic heterocycles. The number of benzene rings is 2. The van der Waals surface area contributed by atoms with Gasteiger partial charge in [-0.2, -0.15) is 0 Å². The van der Waals surface area contributed by atoms with Crippen LogP contribution in [0.3, 0.4) is 0 Å². The molecule has 7 heteroatoms. The third kappa shape index (κ3) is 5.09. The maximum absolute atomic E-state index is 12.8. The van der Waals surface area contributed by atoms with E-state index in [9.17, 15) is 4.79 Å². The van der Waals surface area contributed by atoms with Gasteiger partial charge in [0.25, 0.3) is 5.56 Å². The van der Waals surface area contributed by atoms with Crippen molar-refractivity contribution in [1.29, 1.82) is 0 Å². The molecule has 0 radical (unpaired) electrons. The van der Waals surface area contributed by atoms with E-state index < -0.39 is 0 Å². The molecule has 1 aliphatic rings. The van der Waals surface area contributed by atoms with Crippen molar-refractivity contribution >= 4 is 23.4 Å². The molecule has 0 atom stereocenters. The first-order valence-electron chi connectivity index (χ1n) is 11.4. The first kappa shape index (κ1) is 22.8. The maximum atomic E-state index is 12.8. The highest BCUT2D eigenvalue weighted by atomic mass is 35.5. The second-order valence-electron chi connectivity index (χ2n) is 8.32. The molecule has 0 unspecified atom stereocenters. The Morgan fingerprint density at radius 2 is 1.79 bits per heavy atom. The van der Waals surface area contributed by atoms with Gasteiger partial charge in [0.15, 0.2) is 0 Å². The van der Waals surface area contributed by atoms with E-state index in [1.54, 1.807) is 12.1 Å². The summed E-state index contributed by atoms with van der Waals surface area (Å²) in [6.45, 7) is 4.33. The lowest BCUT2D eigenvalue weighted by Crippen LogP contribution is -2.35. The Hall–Kier alpha value is -2.93. The molecule has 34 heavy (non-hydrogen) atoms. The van der Waals surface area contributed by atoms with Crippen molar-refractivity contribution in [3.05, 3.63) is 99.1 Å². The van der Waals surface area contributed by atoms with Gasteiger partial charge in [0.05, 0.1) is 17.0 Å². The van der Waals surface area contributed by atoms with Crippen LogP contribution in [0.4, 0.5) is 0 Å². The second kappa shape index (κ2) is 10.1. The number of nitrogens with one attached hydrogen (secondary N) is 1. The number of rotatable bonds is 6. The number of halogens is 1. The lowest BCUT2D eigenvalue weighted by atomic mass is 10.1. The molecule has 3 heterocycles. The van der Waals surface area contributed by atoms with Crippen LogP contribution in [0.15, 0.2) is 76.6 Å². The summed E-state index contributed by atoms with van der Waals surface area (Å²) >= 11 is 7.82. The van der Waals surface area contributed by atoms with Gasteiger partial charge in [-0.25, -0.2) is 4.98 Å². The van der Waals surface area contributed by atoms with Crippen LogP contribution in [0, 0.1) is 0 Å². The van der Waals surface area contributed by atoms with Gasteiger partial charge in [0.1, 0.15) is 5.82 Å². The fourth-order valence-electron chi connectivity index (χ4n) is 4.20. The summed E-state index contributed by atoms with van der Waals surface area (Å²) in [5, 5.41) is 0.659. The van der Waals surface area contributed by atoms with E-state index in [-0.39, 0.29) is 5.56 Å². The minimum Gasteiger partial charge on any atom is -0.306 e. The van der Waals surface area contributed by atoms with Crippen molar-refractivity contribution in [3.8, 4) is 22.6 Å². The molecule has 172 valence electrons. The van der Waals surface area contributed by atoms with Crippen molar-refractivity contribution in [3.63, 3.8) is 0 Å². The number of fused-ring (bicyclic) bond motifs is 1. The lowest BCUT2D eigenvalue weighted by molar-refractivity contribution is 0.241. The van der Waals surface area contributed by atoms with Crippen LogP contribution >= 0.6 is 23.4 Å². The number of nitrogens with zero attached hydrogens (tertiary/aromatic N) is 3. The average Bonchev–Trinajstić information content (AvgIpc) is 2.86. The molecule has 1 N–H and O–H groups in total. The lowest BCUT2D eigenvalue weighted by Gasteiger charge is -2.27. The molecule has 2 aromatic carbocycles. The minimum atomic E-state index is -0.0715. The number of hydrogen-bond donors (Lipinski definition) is 1.